The van der Waals surface area contributed by atoms with Crippen molar-refractivity contribution < 1.29 is 27.2 Å². The van der Waals surface area contributed by atoms with Crippen LogP contribution in [0, 0.1) is 0 Å². The second-order valence-electron chi connectivity index (χ2n) is 8.16. The molecule has 0 aliphatic heterocycles. The van der Waals surface area contributed by atoms with E-state index in [9.17, 15) is 22.8 Å². The molecule has 1 atom stereocenters. The number of nitrogens with zero attached hydrogens (tertiary/aromatic N) is 3. The standard InChI is InChI=1S/C21H23F3N4O4.C2H6/c1-5-13(25-19(30)31-20(2,3)4)16-26-17-14(15(27-32-17)21(22,23)24)18(29)28(16)11-12-9-7-6-8-10-12;1-2/h6-10,13H,5,11H2,1-4H3,(H,25,30);1-2H3. The molecule has 0 bridgehead atoms. The molecule has 3 rings (SSSR count). The Kier molecular flexibility index (Phi) is 8.46. The molecule has 0 spiro atoms. The van der Waals surface area contributed by atoms with E-state index in [4.69, 9.17) is 9.26 Å². The SMILES string of the molecule is CC.CCC(NC(=O)OC(C)(C)C)c1nc2onc(C(F)(F)F)c2c(=O)n1Cc1ccccc1. The molecule has 1 unspecified atom stereocenters. The van der Waals surface area contributed by atoms with E-state index in [-0.39, 0.29) is 18.8 Å². The maximum atomic E-state index is 13.4. The summed E-state index contributed by atoms with van der Waals surface area (Å²) >= 11 is 0. The number of halogens is 3. The first-order chi connectivity index (χ1) is 15.9. The van der Waals surface area contributed by atoms with E-state index in [1.54, 1.807) is 58.0 Å². The van der Waals surface area contributed by atoms with Crippen molar-refractivity contribution in [3.8, 4) is 0 Å². The Balaban J connectivity index is 0.00000199. The highest BCUT2D eigenvalue weighted by molar-refractivity contribution is 5.75. The summed E-state index contributed by atoms with van der Waals surface area (Å²) in [5.41, 5.74) is -3.06. The van der Waals surface area contributed by atoms with Crippen molar-refractivity contribution in [1.29, 1.82) is 0 Å². The summed E-state index contributed by atoms with van der Waals surface area (Å²) in [5.74, 6) is 0.0320. The molecule has 0 aliphatic rings. The zero-order chi connectivity index (χ0) is 25.7. The van der Waals surface area contributed by atoms with Gasteiger partial charge in [0.1, 0.15) is 16.8 Å². The van der Waals surface area contributed by atoms with Gasteiger partial charge >= 0.3 is 12.3 Å². The van der Waals surface area contributed by atoms with Crippen molar-refractivity contribution in [1.82, 2.24) is 20.0 Å². The molecule has 0 saturated carbocycles. The number of alkyl halides is 3. The van der Waals surface area contributed by atoms with E-state index in [1.807, 2.05) is 13.8 Å². The zero-order valence-corrected chi connectivity index (χ0v) is 20.0. The van der Waals surface area contributed by atoms with Crippen molar-refractivity contribution in [2.75, 3.05) is 0 Å². The molecule has 34 heavy (non-hydrogen) atoms. The highest BCUT2D eigenvalue weighted by Gasteiger charge is 2.40. The lowest BCUT2D eigenvalue weighted by Gasteiger charge is -2.24. The number of aromatic nitrogens is 3. The van der Waals surface area contributed by atoms with Gasteiger partial charge in [0.15, 0.2) is 0 Å². The van der Waals surface area contributed by atoms with E-state index in [0.29, 0.717) is 5.56 Å². The average Bonchev–Trinajstić information content (AvgIpc) is 3.20. The number of ether oxygens (including phenoxy) is 1. The summed E-state index contributed by atoms with van der Waals surface area (Å²) in [5, 5.41) is 4.89. The molecular formula is C23H29F3N4O4. The quantitative estimate of drug-likeness (QED) is 0.519. The first kappa shape index (κ1) is 26.9. The molecular weight excluding hydrogens is 453 g/mol. The van der Waals surface area contributed by atoms with Crippen LogP contribution in [-0.4, -0.2) is 26.4 Å². The minimum absolute atomic E-state index is 0.0320. The summed E-state index contributed by atoms with van der Waals surface area (Å²) in [4.78, 5) is 29.7. The Morgan fingerprint density at radius 3 is 2.32 bits per heavy atom. The molecule has 0 fully saturated rings. The molecule has 186 valence electrons. The average molecular weight is 483 g/mol. The number of fused-ring (bicyclic) bond motifs is 1. The molecule has 1 aromatic carbocycles. The van der Waals surface area contributed by atoms with Gasteiger partial charge in [0, 0.05) is 0 Å². The Bertz CT molecular complexity index is 1170. The third-order valence-corrected chi connectivity index (χ3v) is 4.49. The van der Waals surface area contributed by atoms with Crippen molar-refractivity contribution in [2.24, 2.45) is 0 Å². The third kappa shape index (κ3) is 6.36. The Morgan fingerprint density at radius 2 is 1.79 bits per heavy atom. The highest BCUT2D eigenvalue weighted by atomic mass is 19.4. The number of rotatable bonds is 5. The van der Waals surface area contributed by atoms with Gasteiger partial charge in [-0.15, -0.1) is 0 Å². The molecule has 3 aromatic rings. The largest absolute Gasteiger partial charge is 0.444 e. The Hall–Kier alpha value is -3.37. The summed E-state index contributed by atoms with van der Waals surface area (Å²) in [6.07, 6.45) is -5.36. The van der Waals surface area contributed by atoms with Crippen LogP contribution in [0.25, 0.3) is 11.1 Å². The number of hydrogen-bond donors (Lipinski definition) is 1. The van der Waals surface area contributed by atoms with Crippen LogP contribution in [0.4, 0.5) is 18.0 Å². The third-order valence-electron chi connectivity index (χ3n) is 4.49. The predicted molar refractivity (Wildman–Crippen MR) is 120 cm³/mol. The summed E-state index contributed by atoms with van der Waals surface area (Å²) in [6.45, 7) is 10.7. The lowest BCUT2D eigenvalue weighted by molar-refractivity contribution is -0.141. The molecule has 2 heterocycles. The van der Waals surface area contributed by atoms with Crippen LogP contribution in [0.3, 0.4) is 0 Å². The number of alkyl carbamates (subject to hydrolysis) is 1. The van der Waals surface area contributed by atoms with Crippen LogP contribution >= 0.6 is 0 Å². The number of amides is 1. The molecule has 0 aliphatic carbocycles. The molecule has 1 N–H and O–H groups in total. The summed E-state index contributed by atoms with van der Waals surface area (Å²) in [6, 6.07) is 7.87. The summed E-state index contributed by atoms with van der Waals surface area (Å²) in [7, 11) is 0. The van der Waals surface area contributed by atoms with E-state index in [1.165, 1.54) is 0 Å². The lowest BCUT2D eigenvalue weighted by atomic mass is 10.1. The second kappa shape index (κ2) is 10.7. The molecule has 0 saturated heterocycles. The van der Waals surface area contributed by atoms with Crippen LogP contribution in [-0.2, 0) is 17.5 Å². The normalized spacial score (nSPS) is 12.6. The van der Waals surface area contributed by atoms with Crippen LogP contribution in [0.15, 0.2) is 39.6 Å². The smallest absolute Gasteiger partial charge is 0.437 e. The topological polar surface area (TPSA) is 99.2 Å². The van der Waals surface area contributed by atoms with Gasteiger partial charge in [0.05, 0.1) is 12.6 Å². The van der Waals surface area contributed by atoms with E-state index >= 15 is 0 Å². The van der Waals surface area contributed by atoms with Gasteiger partial charge in [-0.3, -0.25) is 9.36 Å². The number of carbonyl (C=O) groups excluding carboxylic acids is 1. The number of nitrogens with one attached hydrogen (secondary N) is 1. The molecule has 8 nitrogen and oxygen atoms in total. The maximum absolute atomic E-state index is 13.4. The molecule has 2 aromatic heterocycles. The van der Waals surface area contributed by atoms with Crippen molar-refractivity contribution in [2.45, 2.75) is 72.3 Å². The fraction of sp³-hybridized carbons (Fsp3) is 0.478. The van der Waals surface area contributed by atoms with E-state index in [2.05, 4.69) is 15.5 Å². The van der Waals surface area contributed by atoms with Crippen LogP contribution in [0.5, 0.6) is 0 Å². The highest BCUT2D eigenvalue weighted by Crippen LogP contribution is 2.32. The molecule has 11 heteroatoms. The predicted octanol–water partition coefficient (Wildman–Crippen LogP) is 5.45. The minimum Gasteiger partial charge on any atom is -0.444 e. The minimum atomic E-state index is -4.89. The van der Waals surface area contributed by atoms with Crippen LogP contribution in [0.2, 0.25) is 0 Å². The monoisotopic (exact) mass is 482 g/mol. The molecule has 0 radical (unpaired) electrons. The van der Waals surface area contributed by atoms with Gasteiger partial charge in [-0.25, -0.2) is 4.79 Å². The Morgan fingerprint density at radius 1 is 1.18 bits per heavy atom. The maximum Gasteiger partial charge on any atom is 0.437 e. The lowest BCUT2D eigenvalue weighted by Crippen LogP contribution is -2.38. The van der Waals surface area contributed by atoms with Gasteiger partial charge in [0.25, 0.3) is 11.3 Å². The van der Waals surface area contributed by atoms with Crippen molar-refractivity contribution in [3.05, 3.63) is 57.8 Å². The van der Waals surface area contributed by atoms with Gasteiger partial charge in [0.2, 0.25) is 5.69 Å². The number of hydrogen-bond acceptors (Lipinski definition) is 6. The number of carbonyl (C=O) groups is 1. The van der Waals surface area contributed by atoms with Gasteiger partial charge < -0.3 is 14.6 Å². The second-order valence-corrected chi connectivity index (χ2v) is 8.16. The Labute approximate surface area is 195 Å². The zero-order valence-electron chi connectivity index (χ0n) is 20.0. The van der Waals surface area contributed by atoms with E-state index < -0.39 is 46.3 Å². The van der Waals surface area contributed by atoms with Crippen molar-refractivity contribution >= 4 is 17.2 Å². The first-order valence-electron chi connectivity index (χ1n) is 10.9. The van der Waals surface area contributed by atoms with Gasteiger partial charge in [-0.05, 0) is 32.8 Å². The number of benzene rings is 1. The van der Waals surface area contributed by atoms with Crippen LogP contribution < -0.4 is 10.9 Å². The summed E-state index contributed by atoms with van der Waals surface area (Å²) < 4.78 is 51.2. The fourth-order valence-electron chi connectivity index (χ4n) is 3.13. The van der Waals surface area contributed by atoms with Crippen molar-refractivity contribution in [3.63, 3.8) is 0 Å². The van der Waals surface area contributed by atoms with Crippen LogP contribution in [0.1, 0.15) is 71.1 Å². The van der Waals surface area contributed by atoms with E-state index in [0.717, 1.165) is 4.57 Å². The first-order valence-corrected chi connectivity index (χ1v) is 10.9. The fourth-order valence-corrected chi connectivity index (χ4v) is 3.13. The van der Waals surface area contributed by atoms with Gasteiger partial charge in [-0.1, -0.05) is 56.3 Å². The van der Waals surface area contributed by atoms with Gasteiger partial charge in [-0.2, -0.15) is 18.2 Å². The molecule has 1 amide bonds.